The van der Waals surface area contributed by atoms with E-state index in [1.165, 1.54) is 24.8 Å². The fourth-order valence-electron chi connectivity index (χ4n) is 3.42. The van der Waals surface area contributed by atoms with E-state index in [2.05, 4.69) is 36.5 Å². The van der Waals surface area contributed by atoms with Gasteiger partial charge in [-0.15, -0.1) is 0 Å². The molecule has 3 rings (SSSR count). The van der Waals surface area contributed by atoms with Gasteiger partial charge in [-0.3, -0.25) is 0 Å². The Kier molecular flexibility index (Phi) is 2.93. The van der Waals surface area contributed by atoms with Gasteiger partial charge in [0, 0.05) is 12.1 Å². The van der Waals surface area contributed by atoms with Crippen LogP contribution < -0.4 is 5.32 Å². The molecule has 0 amide bonds. The summed E-state index contributed by atoms with van der Waals surface area (Å²) < 4.78 is 0. The van der Waals surface area contributed by atoms with Crippen LogP contribution in [-0.2, 0) is 0 Å². The van der Waals surface area contributed by atoms with E-state index in [9.17, 15) is 5.11 Å². The Balaban J connectivity index is 1.70. The first-order chi connectivity index (χ1) is 8.24. The largest absolute Gasteiger partial charge is 0.387 e. The van der Waals surface area contributed by atoms with Gasteiger partial charge in [-0.2, -0.15) is 0 Å². The van der Waals surface area contributed by atoms with Gasteiger partial charge in [-0.05, 0) is 37.7 Å². The van der Waals surface area contributed by atoms with Crippen molar-refractivity contribution in [2.45, 2.75) is 50.8 Å². The second-order valence-electron chi connectivity index (χ2n) is 5.66. The third-order valence-electron chi connectivity index (χ3n) is 4.44. The fourth-order valence-corrected chi connectivity index (χ4v) is 3.42. The van der Waals surface area contributed by atoms with E-state index in [-0.39, 0.29) is 12.1 Å². The quantitative estimate of drug-likeness (QED) is 0.820. The second-order valence-corrected chi connectivity index (χ2v) is 5.66. The smallest absolute Gasteiger partial charge is 0.0943 e. The van der Waals surface area contributed by atoms with E-state index in [0.29, 0.717) is 6.04 Å². The Labute approximate surface area is 103 Å². The lowest BCUT2D eigenvalue weighted by Crippen LogP contribution is -2.33. The molecule has 0 spiro atoms. The molecule has 2 N–H and O–H groups in total. The Morgan fingerprint density at radius 2 is 2.00 bits per heavy atom. The predicted octanol–water partition coefficient (Wildman–Crippen LogP) is 2.56. The molecule has 2 aliphatic rings. The number of aryl methyl sites for hydroxylation is 1. The molecule has 2 heteroatoms. The van der Waals surface area contributed by atoms with Crippen molar-refractivity contribution in [3.8, 4) is 0 Å². The molecule has 1 aliphatic heterocycles. The zero-order valence-electron chi connectivity index (χ0n) is 10.4. The first-order valence-electron chi connectivity index (χ1n) is 6.75. The summed E-state index contributed by atoms with van der Waals surface area (Å²) >= 11 is 0. The number of fused-ring (bicyclic) bond motifs is 1. The summed E-state index contributed by atoms with van der Waals surface area (Å²) in [4.78, 5) is 0. The molecule has 1 saturated heterocycles. The SMILES string of the molecule is Cc1ccc([C@H](O)[C@H]2C[C@H]3CCC[C@H]3N2)cc1. The molecule has 2 fully saturated rings. The minimum Gasteiger partial charge on any atom is -0.387 e. The summed E-state index contributed by atoms with van der Waals surface area (Å²) in [6, 6.07) is 9.18. The van der Waals surface area contributed by atoms with Crippen LogP contribution in [0.5, 0.6) is 0 Å². The molecule has 2 nitrogen and oxygen atoms in total. The molecule has 0 bridgehead atoms. The average molecular weight is 231 g/mol. The van der Waals surface area contributed by atoms with E-state index in [0.717, 1.165) is 17.9 Å². The van der Waals surface area contributed by atoms with Crippen molar-refractivity contribution in [2.75, 3.05) is 0 Å². The van der Waals surface area contributed by atoms with Gasteiger partial charge in [0.05, 0.1) is 6.10 Å². The summed E-state index contributed by atoms with van der Waals surface area (Å²) in [7, 11) is 0. The van der Waals surface area contributed by atoms with Crippen LogP contribution in [0.25, 0.3) is 0 Å². The Morgan fingerprint density at radius 3 is 2.71 bits per heavy atom. The number of benzene rings is 1. The lowest BCUT2D eigenvalue weighted by Gasteiger charge is -2.20. The Morgan fingerprint density at radius 1 is 1.24 bits per heavy atom. The van der Waals surface area contributed by atoms with Gasteiger partial charge in [0.2, 0.25) is 0 Å². The average Bonchev–Trinajstić information content (AvgIpc) is 2.89. The summed E-state index contributed by atoms with van der Waals surface area (Å²) in [5, 5.41) is 14.0. The molecule has 0 aromatic heterocycles. The minimum absolute atomic E-state index is 0.257. The van der Waals surface area contributed by atoms with E-state index < -0.39 is 0 Å². The van der Waals surface area contributed by atoms with Gasteiger partial charge >= 0.3 is 0 Å². The first kappa shape index (κ1) is 11.2. The predicted molar refractivity (Wildman–Crippen MR) is 68.8 cm³/mol. The van der Waals surface area contributed by atoms with Crippen molar-refractivity contribution in [3.05, 3.63) is 35.4 Å². The van der Waals surface area contributed by atoms with Gasteiger partial charge in [-0.25, -0.2) is 0 Å². The third kappa shape index (κ3) is 2.12. The summed E-state index contributed by atoms with van der Waals surface area (Å²) in [5.74, 6) is 0.806. The zero-order chi connectivity index (χ0) is 11.8. The molecule has 1 aliphatic carbocycles. The van der Waals surface area contributed by atoms with Crippen LogP contribution in [0.4, 0.5) is 0 Å². The van der Waals surface area contributed by atoms with Crippen molar-refractivity contribution in [2.24, 2.45) is 5.92 Å². The van der Waals surface area contributed by atoms with Crippen LogP contribution in [0, 0.1) is 12.8 Å². The van der Waals surface area contributed by atoms with E-state index in [4.69, 9.17) is 0 Å². The number of aliphatic hydroxyl groups excluding tert-OH is 1. The molecule has 92 valence electrons. The highest BCUT2D eigenvalue weighted by atomic mass is 16.3. The molecule has 1 aromatic rings. The molecular weight excluding hydrogens is 210 g/mol. The van der Waals surface area contributed by atoms with Crippen LogP contribution in [-0.4, -0.2) is 17.2 Å². The molecule has 1 heterocycles. The van der Waals surface area contributed by atoms with E-state index in [1.807, 2.05) is 0 Å². The molecular formula is C15H21NO. The Hall–Kier alpha value is -0.860. The van der Waals surface area contributed by atoms with Gasteiger partial charge in [-0.1, -0.05) is 36.2 Å². The van der Waals surface area contributed by atoms with Crippen molar-refractivity contribution < 1.29 is 5.11 Å². The molecule has 1 aromatic carbocycles. The lowest BCUT2D eigenvalue weighted by atomic mass is 9.95. The molecule has 0 radical (unpaired) electrons. The highest BCUT2D eigenvalue weighted by Crippen LogP contribution is 2.38. The van der Waals surface area contributed by atoms with Crippen LogP contribution in [0.1, 0.15) is 42.9 Å². The minimum atomic E-state index is -0.346. The maximum absolute atomic E-state index is 10.4. The fraction of sp³-hybridized carbons (Fsp3) is 0.600. The second kappa shape index (κ2) is 4.43. The highest BCUT2D eigenvalue weighted by Gasteiger charge is 2.39. The van der Waals surface area contributed by atoms with Gasteiger partial charge in [0.25, 0.3) is 0 Å². The van der Waals surface area contributed by atoms with Gasteiger partial charge in [0.15, 0.2) is 0 Å². The first-order valence-corrected chi connectivity index (χ1v) is 6.75. The van der Waals surface area contributed by atoms with Crippen LogP contribution in [0.15, 0.2) is 24.3 Å². The van der Waals surface area contributed by atoms with Crippen LogP contribution >= 0.6 is 0 Å². The monoisotopic (exact) mass is 231 g/mol. The number of rotatable bonds is 2. The Bertz CT molecular complexity index is 374. The number of hydrogen-bond donors (Lipinski definition) is 2. The number of hydrogen-bond acceptors (Lipinski definition) is 2. The van der Waals surface area contributed by atoms with Gasteiger partial charge in [0.1, 0.15) is 0 Å². The van der Waals surface area contributed by atoms with Crippen LogP contribution in [0.2, 0.25) is 0 Å². The third-order valence-corrected chi connectivity index (χ3v) is 4.44. The topological polar surface area (TPSA) is 32.3 Å². The summed E-state index contributed by atoms with van der Waals surface area (Å²) in [5.41, 5.74) is 2.30. The summed E-state index contributed by atoms with van der Waals surface area (Å²) in [6.07, 6.45) is 4.78. The van der Waals surface area contributed by atoms with Crippen molar-refractivity contribution in [3.63, 3.8) is 0 Å². The standard InChI is InChI=1S/C15H21NO/c1-10-5-7-11(8-6-10)15(17)14-9-12-3-2-4-13(12)16-14/h5-8,12-17H,2-4,9H2,1H3/t12-,13-,14-,15+/m1/s1. The molecule has 0 unspecified atom stereocenters. The molecule has 4 atom stereocenters. The molecule has 17 heavy (non-hydrogen) atoms. The maximum Gasteiger partial charge on any atom is 0.0943 e. The number of nitrogens with one attached hydrogen (secondary N) is 1. The highest BCUT2D eigenvalue weighted by molar-refractivity contribution is 5.24. The lowest BCUT2D eigenvalue weighted by molar-refractivity contribution is 0.133. The van der Waals surface area contributed by atoms with Crippen LogP contribution in [0.3, 0.4) is 0 Å². The van der Waals surface area contributed by atoms with Gasteiger partial charge < -0.3 is 10.4 Å². The summed E-state index contributed by atoms with van der Waals surface area (Å²) in [6.45, 7) is 2.08. The van der Waals surface area contributed by atoms with E-state index in [1.54, 1.807) is 0 Å². The maximum atomic E-state index is 10.4. The normalized spacial score (nSPS) is 33.6. The number of aliphatic hydroxyl groups is 1. The molecule has 1 saturated carbocycles. The van der Waals surface area contributed by atoms with Crippen molar-refractivity contribution in [1.82, 2.24) is 5.32 Å². The van der Waals surface area contributed by atoms with Crippen molar-refractivity contribution >= 4 is 0 Å². The van der Waals surface area contributed by atoms with E-state index >= 15 is 0 Å². The van der Waals surface area contributed by atoms with Crippen molar-refractivity contribution in [1.29, 1.82) is 0 Å². The zero-order valence-corrected chi connectivity index (χ0v) is 10.4.